The van der Waals surface area contributed by atoms with Gasteiger partial charge in [0.15, 0.2) is 5.82 Å². The Morgan fingerprint density at radius 2 is 1.75 bits per heavy atom. The van der Waals surface area contributed by atoms with Gasteiger partial charge >= 0.3 is 0 Å². The minimum absolute atomic E-state index is 0.0109. The van der Waals surface area contributed by atoms with Crippen LogP contribution in [0.15, 0.2) is 48.5 Å². The lowest BCUT2D eigenvalue weighted by Crippen LogP contribution is -2.12. The Hall–Kier alpha value is -3.99. The summed E-state index contributed by atoms with van der Waals surface area (Å²) in [6, 6.07) is 11.9. The van der Waals surface area contributed by atoms with Gasteiger partial charge in [0.1, 0.15) is 16.5 Å². The predicted octanol–water partition coefficient (Wildman–Crippen LogP) is 4.21. The first-order valence-electron chi connectivity index (χ1n) is 9.52. The summed E-state index contributed by atoms with van der Waals surface area (Å²) in [5, 5.41) is 19.2. The predicted molar refractivity (Wildman–Crippen MR) is 115 cm³/mol. The molecule has 1 N–H and O–H groups in total. The molecule has 32 heavy (non-hydrogen) atoms. The quantitative estimate of drug-likeness (QED) is 0.442. The van der Waals surface area contributed by atoms with Crippen LogP contribution in [0, 0.1) is 25.5 Å². The van der Waals surface area contributed by atoms with E-state index in [4.69, 9.17) is 0 Å². The average Bonchev–Trinajstić information content (AvgIpc) is 3.47. The standard InChI is InChI=1S/C21H15F2N7OS/c1-11-16-10-19(32-21(16)30(26-11)14-5-3-13(22)4-6-14)20(31)24-18-9-15(7-8-17(18)23)29-12(2)25-27-28-29/h3-10H,1-2H3,(H,24,31). The van der Waals surface area contributed by atoms with Crippen LogP contribution in [0.5, 0.6) is 0 Å². The Morgan fingerprint density at radius 3 is 2.47 bits per heavy atom. The van der Waals surface area contributed by atoms with E-state index in [1.807, 2.05) is 6.92 Å². The normalized spacial score (nSPS) is 11.2. The number of benzene rings is 2. The lowest BCUT2D eigenvalue weighted by molar-refractivity contribution is 0.103. The molecule has 0 saturated carbocycles. The maximum Gasteiger partial charge on any atom is 0.265 e. The van der Waals surface area contributed by atoms with Crippen LogP contribution in [0.3, 0.4) is 0 Å². The van der Waals surface area contributed by atoms with Gasteiger partial charge in [0, 0.05) is 5.39 Å². The fourth-order valence-corrected chi connectivity index (χ4v) is 4.39. The maximum atomic E-state index is 14.4. The molecule has 5 rings (SSSR count). The number of nitrogens with zero attached hydrogens (tertiary/aromatic N) is 6. The number of hydrogen-bond acceptors (Lipinski definition) is 6. The van der Waals surface area contributed by atoms with Crippen molar-refractivity contribution in [2.45, 2.75) is 13.8 Å². The van der Waals surface area contributed by atoms with E-state index in [0.29, 0.717) is 22.1 Å². The van der Waals surface area contributed by atoms with Crippen molar-refractivity contribution in [2.24, 2.45) is 0 Å². The summed E-state index contributed by atoms with van der Waals surface area (Å²) in [5.41, 5.74) is 1.93. The number of tetrazole rings is 1. The fourth-order valence-electron chi connectivity index (χ4n) is 3.31. The zero-order valence-corrected chi connectivity index (χ0v) is 17.7. The minimum atomic E-state index is -0.581. The molecule has 1 amide bonds. The molecule has 2 aromatic carbocycles. The smallest absolute Gasteiger partial charge is 0.265 e. The fraction of sp³-hybridized carbons (Fsp3) is 0.0952. The molecule has 0 aliphatic heterocycles. The summed E-state index contributed by atoms with van der Waals surface area (Å²) >= 11 is 1.22. The molecule has 8 nitrogen and oxygen atoms in total. The monoisotopic (exact) mass is 451 g/mol. The molecule has 0 saturated heterocycles. The van der Waals surface area contributed by atoms with Gasteiger partial charge in [-0.2, -0.15) is 9.78 Å². The van der Waals surface area contributed by atoms with Gasteiger partial charge in [-0.15, -0.1) is 16.4 Å². The number of halogens is 2. The van der Waals surface area contributed by atoms with Crippen LogP contribution in [0.2, 0.25) is 0 Å². The van der Waals surface area contributed by atoms with Crippen LogP contribution >= 0.6 is 11.3 Å². The number of rotatable bonds is 4. The third-order valence-electron chi connectivity index (χ3n) is 4.91. The minimum Gasteiger partial charge on any atom is -0.319 e. The molecule has 5 aromatic rings. The van der Waals surface area contributed by atoms with Crippen LogP contribution in [0.1, 0.15) is 21.2 Å². The number of aromatic nitrogens is 6. The highest BCUT2D eigenvalue weighted by atomic mass is 32.1. The van der Waals surface area contributed by atoms with E-state index in [2.05, 4.69) is 25.9 Å². The molecule has 0 unspecified atom stereocenters. The van der Waals surface area contributed by atoms with Crippen LogP contribution < -0.4 is 5.32 Å². The molecule has 0 aliphatic rings. The largest absolute Gasteiger partial charge is 0.319 e. The van der Waals surface area contributed by atoms with Crippen molar-refractivity contribution in [2.75, 3.05) is 5.32 Å². The van der Waals surface area contributed by atoms with Crippen molar-refractivity contribution < 1.29 is 13.6 Å². The van der Waals surface area contributed by atoms with Crippen LogP contribution in [-0.4, -0.2) is 35.9 Å². The third kappa shape index (κ3) is 3.42. The molecule has 0 radical (unpaired) electrons. The van der Waals surface area contributed by atoms with Gasteiger partial charge in [-0.25, -0.2) is 13.5 Å². The van der Waals surface area contributed by atoms with Crippen molar-refractivity contribution in [3.8, 4) is 11.4 Å². The zero-order chi connectivity index (χ0) is 22.4. The first kappa shape index (κ1) is 19.9. The van der Waals surface area contributed by atoms with Gasteiger partial charge in [-0.1, -0.05) is 0 Å². The van der Waals surface area contributed by atoms with E-state index in [9.17, 15) is 13.6 Å². The van der Waals surface area contributed by atoms with Gasteiger partial charge in [0.2, 0.25) is 0 Å². The third-order valence-corrected chi connectivity index (χ3v) is 6.02. The number of fused-ring (bicyclic) bond motifs is 1. The molecule has 11 heteroatoms. The van der Waals surface area contributed by atoms with Gasteiger partial charge in [0.25, 0.3) is 5.91 Å². The Kier molecular flexibility index (Phi) is 4.74. The van der Waals surface area contributed by atoms with Crippen LogP contribution in [-0.2, 0) is 0 Å². The first-order chi connectivity index (χ1) is 15.4. The Morgan fingerprint density at radius 1 is 1.00 bits per heavy atom. The van der Waals surface area contributed by atoms with E-state index in [1.54, 1.807) is 29.8 Å². The van der Waals surface area contributed by atoms with Crippen molar-refractivity contribution in [3.63, 3.8) is 0 Å². The van der Waals surface area contributed by atoms with Gasteiger partial charge in [-0.3, -0.25) is 4.79 Å². The number of amides is 1. The van der Waals surface area contributed by atoms with Gasteiger partial charge in [0.05, 0.1) is 27.6 Å². The highest BCUT2D eigenvalue weighted by Crippen LogP contribution is 2.31. The van der Waals surface area contributed by atoms with Crippen molar-refractivity contribution in [1.82, 2.24) is 30.0 Å². The van der Waals surface area contributed by atoms with Gasteiger partial charge < -0.3 is 5.32 Å². The lowest BCUT2D eigenvalue weighted by Gasteiger charge is -2.08. The second kappa shape index (κ2) is 7.61. The lowest BCUT2D eigenvalue weighted by atomic mass is 10.2. The Balaban J connectivity index is 1.48. The molecule has 160 valence electrons. The SMILES string of the molecule is Cc1nn(-c2ccc(F)cc2)c2sc(C(=O)Nc3cc(-n4nnnc4C)ccc3F)cc12. The van der Waals surface area contributed by atoms with Crippen molar-refractivity contribution in [1.29, 1.82) is 0 Å². The summed E-state index contributed by atoms with van der Waals surface area (Å²) in [6.07, 6.45) is 0. The maximum absolute atomic E-state index is 14.4. The summed E-state index contributed by atoms with van der Waals surface area (Å²) < 4.78 is 30.8. The van der Waals surface area contributed by atoms with Crippen LogP contribution in [0.4, 0.5) is 14.5 Å². The number of hydrogen-bond donors (Lipinski definition) is 1. The van der Waals surface area contributed by atoms with E-state index in [0.717, 1.165) is 15.9 Å². The highest BCUT2D eigenvalue weighted by molar-refractivity contribution is 7.20. The highest BCUT2D eigenvalue weighted by Gasteiger charge is 2.19. The van der Waals surface area contributed by atoms with E-state index < -0.39 is 11.7 Å². The number of nitrogens with one attached hydrogen (secondary N) is 1. The average molecular weight is 451 g/mol. The second-order valence-electron chi connectivity index (χ2n) is 7.06. The Bertz CT molecular complexity index is 1470. The van der Waals surface area contributed by atoms with E-state index in [1.165, 1.54) is 46.4 Å². The first-order valence-corrected chi connectivity index (χ1v) is 10.3. The molecule has 0 bridgehead atoms. The van der Waals surface area contributed by atoms with Crippen molar-refractivity contribution >= 4 is 33.1 Å². The van der Waals surface area contributed by atoms with Crippen molar-refractivity contribution in [3.05, 3.63) is 76.6 Å². The van der Waals surface area contributed by atoms with Crippen LogP contribution in [0.25, 0.3) is 21.6 Å². The Labute approximate surface area is 184 Å². The number of thiophene rings is 1. The molecule has 3 aromatic heterocycles. The molecule has 0 fully saturated rings. The molecular formula is C21H15F2N7OS. The topological polar surface area (TPSA) is 90.5 Å². The summed E-state index contributed by atoms with van der Waals surface area (Å²) in [4.78, 5) is 14.0. The van der Waals surface area contributed by atoms with E-state index >= 15 is 0 Å². The number of anilines is 1. The number of carbonyl (C=O) groups excluding carboxylic acids is 1. The second-order valence-corrected chi connectivity index (χ2v) is 8.09. The number of aryl methyl sites for hydroxylation is 2. The molecular weight excluding hydrogens is 436 g/mol. The summed E-state index contributed by atoms with van der Waals surface area (Å²) in [7, 11) is 0. The summed E-state index contributed by atoms with van der Waals surface area (Å²) in [6.45, 7) is 3.54. The molecule has 3 heterocycles. The molecule has 0 aliphatic carbocycles. The van der Waals surface area contributed by atoms with Gasteiger partial charge in [-0.05, 0) is 72.8 Å². The molecule has 0 spiro atoms. The van der Waals surface area contributed by atoms with E-state index in [-0.39, 0.29) is 11.5 Å². The number of carbonyl (C=O) groups is 1. The summed E-state index contributed by atoms with van der Waals surface area (Å²) in [5.74, 6) is -0.858. The molecule has 0 atom stereocenters. The zero-order valence-electron chi connectivity index (χ0n) is 16.9.